The van der Waals surface area contributed by atoms with Gasteiger partial charge < -0.3 is 20.1 Å². The van der Waals surface area contributed by atoms with Gasteiger partial charge in [0, 0.05) is 30.9 Å². The van der Waals surface area contributed by atoms with Gasteiger partial charge in [0.1, 0.15) is 11.6 Å². The molecule has 2 heterocycles. The number of guanidine groups is 1. The fraction of sp³-hybridized carbons (Fsp3) is 0.294. The molecule has 0 radical (unpaired) electrons. The summed E-state index contributed by atoms with van der Waals surface area (Å²) in [4.78, 5) is 8.40. The van der Waals surface area contributed by atoms with Gasteiger partial charge in [0.15, 0.2) is 12.8 Å². The third-order valence-corrected chi connectivity index (χ3v) is 3.58. The van der Waals surface area contributed by atoms with Crippen LogP contribution in [0.4, 0.5) is 4.39 Å². The zero-order valence-corrected chi connectivity index (χ0v) is 16.1. The van der Waals surface area contributed by atoms with Crippen LogP contribution in [0.2, 0.25) is 0 Å². The van der Waals surface area contributed by atoms with E-state index in [4.69, 9.17) is 9.47 Å². The minimum absolute atomic E-state index is 0. The Kier molecular flexibility index (Phi) is 7.38. The van der Waals surface area contributed by atoms with E-state index in [1.54, 1.807) is 13.2 Å². The Balaban J connectivity index is 0.00000225. The van der Waals surface area contributed by atoms with Gasteiger partial charge >= 0.3 is 0 Å². The van der Waals surface area contributed by atoms with Gasteiger partial charge in [0.05, 0.1) is 18.8 Å². The lowest BCUT2D eigenvalue weighted by atomic mass is 10.1. The average molecular weight is 458 g/mol. The maximum Gasteiger partial charge on any atom is 0.191 e. The van der Waals surface area contributed by atoms with E-state index in [2.05, 4.69) is 20.6 Å². The molecule has 0 unspecified atom stereocenters. The average Bonchev–Trinajstić information content (AvgIpc) is 2.62. The van der Waals surface area contributed by atoms with Gasteiger partial charge in [-0.3, -0.25) is 9.98 Å². The van der Waals surface area contributed by atoms with Gasteiger partial charge in [-0.25, -0.2) is 4.39 Å². The molecule has 6 nitrogen and oxygen atoms in total. The Labute approximate surface area is 162 Å². The van der Waals surface area contributed by atoms with Gasteiger partial charge in [-0.1, -0.05) is 6.07 Å². The number of benzene rings is 1. The van der Waals surface area contributed by atoms with E-state index in [1.165, 1.54) is 12.1 Å². The molecule has 2 N–H and O–H groups in total. The molecule has 3 rings (SSSR count). The van der Waals surface area contributed by atoms with Crippen LogP contribution in [0.5, 0.6) is 5.75 Å². The summed E-state index contributed by atoms with van der Waals surface area (Å²) in [6.07, 6.45) is 1.74. The molecule has 1 aromatic carbocycles. The van der Waals surface area contributed by atoms with Crippen molar-refractivity contribution in [1.82, 2.24) is 15.6 Å². The quantitative estimate of drug-likeness (QED) is 0.419. The van der Waals surface area contributed by atoms with Gasteiger partial charge in [-0.05, 0) is 24.3 Å². The van der Waals surface area contributed by atoms with Crippen LogP contribution >= 0.6 is 24.0 Å². The molecule has 2 aromatic rings. The van der Waals surface area contributed by atoms with E-state index < -0.39 is 0 Å². The number of ether oxygens (including phenoxy) is 2. The van der Waals surface area contributed by atoms with Gasteiger partial charge in [0.25, 0.3) is 0 Å². The molecule has 0 amide bonds. The normalized spacial score (nSPS) is 13.3. The van der Waals surface area contributed by atoms with E-state index in [0.29, 0.717) is 31.4 Å². The molecule has 0 saturated carbocycles. The molecule has 1 aliphatic heterocycles. The first-order chi connectivity index (χ1) is 11.8. The number of hydrogen-bond acceptors (Lipinski definition) is 4. The third kappa shape index (κ3) is 5.27. The fourth-order valence-electron chi connectivity index (χ4n) is 2.46. The molecule has 0 bridgehead atoms. The molecule has 0 aliphatic carbocycles. The molecule has 1 aliphatic rings. The fourth-order valence-corrected chi connectivity index (χ4v) is 2.46. The second-order valence-electron chi connectivity index (χ2n) is 5.26. The highest BCUT2D eigenvalue weighted by Gasteiger charge is 2.17. The summed E-state index contributed by atoms with van der Waals surface area (Å²) in [6.45, 7) is 1.47. The molecule has 134 valence electrons. The van der Waals surface area contributed by atoms with E-state index in [9.17, 15) is 4.39 Å². The summed E-state index contributed by atoms with van der Waals surface area (Å²) >= 11 is 0. The monoisotopic (exact) mass is 458 g/mol. The number of fused-ring (bicyclic) bond motifs is 1. The number of aromatic nitrogens is 1. The van der Waals surface area contributed by atoms with Crippen molar-refractivity contribution in [3.8, 4) is 5.75 Å². The highest BCUT2D eigenvalue weighted by atomic mass is 127. The number of pyridine rings is 1. The van der Waals surface area contributed by atoms with Gasteiger partial charge in [0.2, 0.25) is 0 Å². The maximum absolute atomic E-state index is 13.7. The second-order valence-corrected chi connectivity index (χ2v) is 5.26. The van der Waals surface area contributed by atoms with Crippen molar-refractivity contribution in [1.29, 1.82) is 0 Å². The van der Waals surface area contributed by atoms with E-state index in [1.807, 2.05) is 18.2 Å². The van der Waals surface area contributed by atoms with Crippen LogP contribution in [-0.2, 0) is 24.4 Å². The zero-order valence-electron chi connectivity index (χ0n) is 13.8. The van der Waals surface area contributed by atoms with Crippen molar-refractivity contribution in [3.05, 3.63) is 59.2 Å². The Morgan fingerprint density at radius 2 is 2.12 bits per heavy atom. The molecule has 0 atom stereocenters. The van der Waals surface area contributed by atoms with Crippen molar-refractivity contribution in [2.75, 3.05) is 13.8 Å². The minimum atomic E-state index is -0.309. The van der Waals surface area contributed by atoms with Gasteiger partial charge in [-0.2, -0.15) is 0 Å². The molecule has 0 spiro atoms. The summed E-state index contributed by atoms with van der Waals surface area (Å²) in [5.41, 5.74) is 2.35. The van der Waals surface area contributed by atoms with Crippen molar-refractivity contribution in [3.63, 3.8) is 0 Å². The zero-order chi connectivity index (χ0) is 16.8. The number of nitrogens with zero attached hydrogens (tertiary/aromatic N) is 2. The summed E-state index contributed by atoms with van der Waals surface area (Å²) in [5.74, 6) is 0.970. The number of rotatable bonds is 4. The Morgan fingerprint density at radius 1 is 1.28 bits per heavy atom. The van der Waals surface area contributed by atoms with Crippen LogP contribution in [0.1, 0.15) is 16.8 Å². The van der Waals surface area contributed by atoms with E-state index in [0.717, 1.165) is 16.8 Å². The van der Waals surface area contributed by atoms with Crippen LogP contribution < -0.4 is 15.4 Å². The lowest BCUT2D eigenvalue weighted by Gasteiger charge is -2.21. The van der Waals surface area contributed by atoms with Gasteiger partial charge in [-0.15, -0.1) is 24.0 Å². The number of nitrogens with one attached hydrogen (secondary N) is 2. The van der Waals surface area contributed by atoms with Crippen LogP contribution in [0.3, 0.4) is 0 Å². The van der Waals surface area contributed by atoms with Crippen LogP contribution in [0.25, 0.3) is 0 Å². The van der Waals surface area contributed by atoms with Crippen molar-refractivity contribution >= 4 is 29.9 Å². The standard InChI is InChI=1S/C17H19FN4O2.HI/c1-19-17(22-9-15-4-2-3-5-20-15)21-8-12-6-14(18)7-13-10-23-11-24-16(12)13;/h2-7H,8-11H2,1H3,(H2,19,21,22);1H. The summed E-state index contributed by atoms with van der Waals surface area (Å²) in [6, 6.07) is 8.62. The van der Waals surface area contributed by atoms with Crippen LogP contribution in [0.15, 0.2) is 41.5 Å². The van der Waals surface area contributed by atoms with Crippen molar-refractivity contribution in [2.45, 2.75) is 19.7 Å². The largest absolute Gasteiger partial charge is 0.467 e. The first kappa shape index (κ1) is 19.4. The molecule has 0 fully saturated rings. The molecule has 1 aromatic heterocycles. The molecule has 0 saturated heterocycles. The predicted molar refractivity (Wildman–Crippen MR) is 103 cm³/mol. The SMILES string of the molecule is CN=C(NCc1ccccn1)NCc1cc(F)cc2c1OCOC2.I. The summed E-state index contributed by atoms with van der Waals surface area (Å²) in [5, 5.41) is 6.32. The molecule has 8 heteroatoms. The molecule has 25 heavy (non-hydrogen) atoms. The van der Waals surface area contributed by atoms with E-state index >= 15 is 0 Å². The Bertz CT molecular complexity index is 728. The Hall–Kier alpha value is -1.94. The highest BCUT2D eigenvalue weighted by Crippen LogP contribution is 2.29. The van der Waals surface area contributed by atoms with Crippen LogP contribution in [0, 0.1) is 5.82 Å². The topological polar surface area (TPSA) is 67.8 Å². The first-order valence-corrected chi connectivity index (χ1v) is 7.62. The number of halogens is 2. The number of hydrogen-bond donors (Lipinski definition) is 2. The lowest BCUT2D eigenvalue weighted by molar-refractivity contribution is -0.0172. The molecular weight excluding hydrogens is 438 g/mol. The second kappa shape index (κ2) is 9.52. The third-order valence-electron chi connectivity index (χ3n) is 3.58. The first-order valence-electron chi connectivity index (χ1n) is 7.62. The minimum Gasteiger partial charge on any atom is -0.467 e. The van der Waals surface area contributed by atoms with Crippen molar-refractivity contribution in [2.24, 2.45) is 4.99 Å². The molecular formula is C17H20FIN4O2. The summed E-state index contributed by atoms with van der Waals surface area (Å²) in [7, 11) is 1.68. The smallest absolute Gasteiger partial charge is 0.191 e. The maximum atomic E-state index is 13.7. The summed E-state index contributed by atoms with van der Waals surface area (Å²) < 4.78 is 24.4. The van der Waals surface area contributed by atoms with Crippen molar-refractivity contribution < 1.29 is 13.9 Å². The van der Waals surface area contributed by atoms with E-state index in [-0.39, 0.29) is 36.6 Å². The highest BCUT2D eigenvalue weighted by molar-refractivity contribution is 14.0. The Morgan fingerprint density at radius 3 is 2.88 bits per heavy atom. The predicted octanol–water partition coefficient (Wildman–Crippen LogP) is 2.57. The lowest BCUT2D eigenvalue weighted by Crippen LogP contribution is -2.36. The van der Waals surface area contributed by atoms with Crippen LogP contribution in [-0.4, -0.2) is 24.8 Å². The number of aliphatic imine (C=N–C) groups is 1.